The van der Waals surface area contributed by atoms with Gasteiger partial charge in [0.25, 0.3) is 11.5 Å². The number of carbonyl (C=O) groups excluding carboxylic acids is 5. The molecule has 168 valence electrons. The Bertz CT molecular complexity index is 941. The van der Waals surface area contributed by atoms with Crippen LogP contribution in [0.3, 0.4) is 0 Å². The summed E-state index contributed by atoms with van der Waals surface area (Å²) in [5, 5.41) is 1.92. The van der Waals surface area contributed by atoms with E-state index < -0.39 is 65.8 Å². The number of nitrogens with one attached hydrogen (secondary N) is 1. The largest absolute Gasteiger partial charge is 0.463 e. The van der Waals surface area contributed by atoms with Crippen LogP contribution in [-0.4, -0.2) is 70.8 Å². The normalized spacial score (nSPS) is 19.9. The van der Waals surface area contributed by atoms with Gasteiger partial charge >= 0.3 is 17.9 Å². The summed E-state index contributed by atoms with van der Waals surface area (Å²) in [5.41, 5.74) is -1.49. The van der Waals surface area contributed by atoms with Gasteiger partial charge < -0.3 is 23.5 Å². The lowest BCUT2D eigenvalue weighted by atomic mass is 10.1. The molecule has 2 heterocycles. The van der Waals surface area contributed by atoms with Gasteiger partial charge in [-0.15, -0.1) is 0 Å². The Morgan fingerprint density at radius 3 is 2.48 bits per heavy atom. The summed E-state index contributed by atoms with van der Waals surface area (Å²) < 4.78 is 21.5. The number of aromatic nitrogens is 2. The molecule has 13 heteroatoms. The predicted octanol–water partition coefficient (Wildman–Crippen LogP) is -1.67. The van der Waals surface area contributed by atoms with Crippen LogP contribution in [0.15, 0.2) is 17.2 Å². The summed E-state index contributed by atoms with van der Waals surface area (Å²) in [4.78, 5) is 73.6. The fourth-order valence-electron chi connectivity index (χ4n) is 2.73. The molecular formula is C18H21N3O10. The number of imide groups is 1. The molecule has 2 rings (SSSR count). The maximum atomic E-state index is 12.4. The lowest BCUT2D eigenvalue weighted by Crippen LogP contribution is -2.41. The van der Waals surface area contributed by atoms with Gasteiger partial charge in [0.1, 0.15) is 19.3 Å². The molecule has 1 N–H and O–H groups in total. The SMILES string of the molecule is CC(=O)NC(=O)c1nccn(CC(=O)O[C@@H]2CO[C@H](COC(C)=O)[C@H]2OC(C)=O)c1=O. The number of esters is 3. The average Bonchev–Trinajstić information content (AvgIpc) is 3.01. The third kappa shape index (κ3) is 6.70. The fraction of sp³-hybridized carbons (Fsp3) is 0.500. The summed E-state index contributed by atoms with van der Waals surface area (Å²) in [6, 6.07) is 0. The van der Waals surface area contributed by atoms with Gasteiger partial charge in [0.05, 0.1) is 6.61 Å². The molecule has 31 heavy (non-hydrogen) atoms. The Morgan fingerprint density at radius 2 is 1.87 bits per heavy atom. The van der Waals surface area contributed by atoms with E-state index in [9.17, 15) is 28.8 Å². The summed E-state index contributed by atoms with van der Waals surface area (Å²) in [7, 11) is 0. The second-order valence-corrected chi connectivity index (χ2v) is 6.50. The van der Waals surface area contributed by atoms with Crippen LogP contribution in [0.25, 0.3) is 0 Å². The van der Waals surface area contributed by atoms with E-state index in [1.807, 2.05) is 5.32 Å². The minimum atomic E-state index is -1.02. The molecule has 1 aliphatic rings. The smallest absolute Gasteiger partial charge is 0.326 e. The van der Waals surface area contributed by atoms with Gasteiger partial charge in [0.2, 0.25) is 5.91 Å². The first-order chi connectivity index (χ1) is 14.6. The zero-order chi connectivity index (χ0) is 23.1. The molecule has 1 aliphatic heterocycles. The maximum absolute atomic E-state index is 12.4. The molecule has 1 saturated heterocycles. The van der Waals surface area contributed by atoms with E-state index in [2.05, 4.69) is 4.98 Å². The number of ether oxygens (including phenoxy) is 4. The van der Waals surface area contributed by atoms with E-state index in [0.29, 0.717) is 0 Å². The zero-order valence-corrected chi connectivity index (χ0v) is 17.0. The van der Waals surface area contributed by atoms with Crippen LogP contribution >= 0.6 is 0 Å². The number of rotatable bonds is 7. The molecule has 3 atom stereocenters. The van der Waals surface area contributed by atoms with Crippen molar-refractivity contribution in [2.24, 2.45) is 0 Å². The molecule has 13 nitrogen and oxygen atoms in total. The van der Waals surface area contributed by atoms with Crippen molar-refractivity contribution in [3.8, 4) is 0 Å². The standard InChI is InChI=1S/C18H21N3O10/c1-9(22)20-17(26)15-18(27)21(5-4-19-15)6-14(25)31-13-8-29-12(7-28-10(2)23)16(13)30-11(3)24/h4-5,12-13,16H,6-8H2,1-3H3,(H,20,22,26)/t12-,13-,16-/m1/s1. The predicted molar refractivity (Wildman–Crippen MR) is 98.5 cm³/mol. The summed E-state index contributed by atoms with van der Waals surface area (Å²) in [6.45, 7) is 2.52. The molecule has 0 saturated carbocycles. The van der Waals surface area contributed by atoms with E-state index in [0.717, 1.165) is 30.8 Å². The molecule has 0 spiro atoms. The minimum Gasteiger partial charge on any atom is -0.463 e. The van der Waals surface area contributed by atoms with Crippen LogP contribution in [-0.2, 0) is 44.7 Å². The van der Waals surface area contributed by atoms with Crippen molar-refractivity contribution in [3.63, 3.8) is 0 Å². The Kier molecular flexibility index (Phi) is 7.96. The number of hydrogen-bond donors (Lipinski definition) is 1. The number of nitrogens with zero attached hydrogens (tertiary/aromatic N) is 2. The Morgan fingerprint density at radius 1 is 1.16 bits per heavy atom. The molecule has 0 aliphatic carbocycles. The van der Waals surface area contributed by atoms with E-state index in [4.69, 9.17) is 18.9 Å². The van der Waals surface area contributed by atoms with Crippen molar-refractivity contribution in [1.29, 1.82) is 0 Å². The highest BCUT2D eigenvalue weighted by atomic mass is 16.6. The number of amides is 2. The molecule has 0 unspecified atom stereocenters. The van der Waals surface area contributed by atoms with Crippen LogP contribution in [0.5, 0.6) is 0 Å². The first-order valence-electron chi connectivity index (χ1n) is 9.07. The van der Waals surface area contributed by atoms with Gasteiger partial charge in [-0.2, -0.15) is 0 Å². The second kappa shape index (κ2) is 10.4. The van der Waals surface area contributed by atoms with Gasteiger partial charge in [0, 0.05) is 33.2 Å². The van der Waals surface area contributed by atoms with Crippen LogP contribution in [0.4, 0.5) is 0 Å². The molecule has 1 aromatic rings. The van der Waals surface area contributed by atoms with Crippen LogP contribution in [0, 0.1) is 0 Å². The highest BCUT2D eigenvalue weighted by molar-refractivity contribution is 6.02. The number of hydrogen-bond acceptors (Lipinski definition) is 11. The lowest BCUT2D eigenvalue weighted by Gasteiger charge is -2.22. The van der Waals surface area contributed by atoms with Crippen LogP contribution in [0.1, 0.15) is 31.3 Å². The van der Waals surface area contributed by atoms with Gasteiger partial charge in [-0.25, -0.2) is 4.98 Å². The highest BCUT2D eigenvalue weighted by Gasteiger charge is 2.43. The highest BCUT2D eigenvalue weighted by Crippen LogP contribution is 2.22. The van der Waals surface area contributed by atoms with Crippen molar-refractivity contribution >= 4 is 29.7 Å². The van der Waals surface area contributed by atoms with Crippen LogP contribution in [0.2, 0.25) is 0 Å². The van der Waals surface area contributed by atoms with Gasteiger partial charge in [-0.3, -0.25) is 34.1 Å². The molecule has 1 fully saturated rings. The molecular weight excluding hydrogens is 418 g/mol. The van der Waals surface area contributed by atoms with E-state index in [-0.39, 0.29) is 13.2 Å². The topological polar surface area (TPSA) is 169 Å². The van der Waals surface area contributed by atoms with Crippen LogP contribution < -0.4 is 10.9 Å². The average molecular weight is 439 g/mol. The third-order valence-corrected chi connectivity index (χ3v) is 3.96. The monoisotopic (exact) mass is 439 g/mol. The Labute approximate surface area is 175 Å². The molecule has 0 aromatic carbocycles. The van der Waals surface area contributed by atoms with Crippen molar-refractivity contribution in [2.75, 3.05) is 13.2 Å². The van der Waals surface area contributed by atoms with E-state index in [1.165, 1.54) is 6.92 Å². The van der Waals surface area contributed by atoms with Crippen molar-refractivity contribution < 1.29 is 42.9 Å². The summed E-state index contributed by atoms with van der Waals surface area (Å²) >= 11 is 0. The molecule has 2 amide bonds. The molecule has 0 radical (unpaired) electrons. The van der Waals surface area contributed by atoms with Crippen molar-refractivity contribution in [2.45, 2.75) is 45.6 Å². The zero-order valence-electron chi connectivity index (χ0n) is 17.0. The molecule has 1 aromatic heterocycles. The second-order valence-electron chi connectivity index (χ2n) is 6.50. The van der Waals surface area contributed by atoms with Gasteiger partial charge in [-0.1, -0.05) is 0 Å². The van der Waals surface area contributed by atoms with E-state index >= 15 is 0 Å². The maximum Gasteiger partial charge on any atom is 0.326 e. The third-order valence-electron chi connectivity index (χ3n) is 3.96. The lowest BCUT2D eigenvalue weighted by molar-refractivity contribution is -0.166. The van der Waals surface area contributed by atoms with Gasteiger partial charge in [0.15, 0.2) is 17.9 Å². The van der Waals surface area contributed by atoms with Crippen molar-refractivity contribution in [1.82, 2.24) is 14.9 Å². The minimum absolute atomic E-state index is 0.132. The number of carbonyl (C=O) groups is 5. The first kappa shape index (κ1) is 23.7. The van der Waals surface area contributed by atoms with Gasteiger partial charge in [-0.05, 0) is 0 Å². The quantitative estimate of drug-likeness (QED) is 0.380. The Hall–Kier alpha value is -3.61. The summed E-state index contributed by atoms with van der Waals surface area (Å²) in [5.74, 6) is -3.79. The fourth-order valence-corrected chi connectivity index (χ4v) is 2.73. The Balaban J connectivity index is 2.08. The van der Waals surface area contributed by atoms with E-state index in [1.54, 1.807) is 0 Å². The van der Waals surface area contributed by atoms with Crippen molar-refractivity contribution in [3.05, 3.63) is 28.4 Å². The summed E-state index contributed by atoms with van der Waals surface area (Å²) in [6.07, 6.45) is -0.594. The first-order valence-corrected chi connectivity index (χ1v) is 9.07. The molecule has 0 bridgehead atoms.